The molecule has 1 heterocycles. The number of aromatic nitrogens is 1. The molecule has 0 radical (unpaired) electrons. The summed E-state index contributed by atoms with van der Waals surface area (Å²) in [5, 5.41) is 2.86. The van der Waals surface area contributed by atoms with Gasteiger partial charge in [0.25, 0.3) is 5.91 Å². The maximum Gasteiger partial charge on any atom is 0.251 e. The number of carbonyl (C=O) groups is 1. The largest absolute Gasteiger partial charge is 0.352 e. The van der Waals surface area contributed by atoms with Gasteiger partial charge in [-0.2, -0.15) is 11.8 Å². The molecule has 1 aromatic heterocycles. The molecule has 4 N–H and O–H groups in total. The summed E-state index contributed by atoms with van der Waals surface area (Å²) in [7, 11) is 0. The average Bonchev–Trinajstić information content (AvgIpc) is 2.38. The second-order valence-corrected chi connectivity index (χ2v) is 4.52. The molecular formula is C11H18N4OS. The molecule has 0 fully saturated rings. The summed E-state index contributed by atoms with van der Waals surface area (Å²) in [6.45, 7) is 0.701. The van der Waals surface area contributed by atoms with E-state index in [0.717, 1.165) is 18.6 Å². The zero-order valence-electron chi connectivity index (χ0n) is 9.90. The van der Waals surface area contributed by atoms with Crippen LogP contribution in [0.25, 0.3) is 0 Å². The molecule has 0 unspecified atom stereocenters. The first-order chi connectivity index (χ1) is 8.27. The molecule has 0 bridgehead atoms. The fraction of sp³-hybridized carbons (Fsp3) is 0.455. The molecule has 0 saturated heterocycles. The normalized spacial score (nSPS) is 10.0. The molecule has 0 aromatic carbocycles. The number of carbonyl (C=O) groups excluding carboxylic acids is 1. The fourth-order valence-electron chi connectivity index (χ4n) is 1.33. The van der Waals surface area contributed by atoms with E-state index in [1.54, 1.807) is 18.3 Å². The highest BCUT2D eigenvalue weighted by molar-refractivity contribution is 7.98. The lowest BCUT2D eigenvalue weighted by atomic mass is 10.2. The third-order valence-electron chi connectivity index (χ3n) is 2.23. The van der Waals surface area contributed by atoms with E-state index in [1.807, 2.05) is 11.8 Å². The number of nitrogens with two attached hydrogens (primary N) is 1. The van der Waals surface area contributed by atoms with Crippen LogP contribution in [0.1, 0.15) is 23.2 Å². The van der Waals surface area contributed by atoms with Gasteiger partial charge >= 0.3 is 0 Å². The highest BCUT2D eigenvalue weighted by Crippen LogP contribution is 2.05. The smallest absolute Gasteiger partial charge is 0.251 e. The van der Waals surface area contributed by atoms with Crippen molar-refractivity contribution in [1.29, 1.82) is 0 Å². The minimum atomic E-state index is -0.0898. The van der Waals surface area contributed by atoms with Crippen LogP contribution >= 0.6 is 11.8 Å². The molecule has 1 aromatic rings. The number of pyridine rings is 1. The molecule has 0 aliphatic rings. The summed E-state index contributed by atoms with van der Waals surface area (Å²) < 4.78 is 0. The van der Waals surface area contributed by atoms with E-state index in [1.165, 1.54) is 0 Å². The summed E-state index contributed by atoms with van der Waals surface area (Å²) in [5.41, 5.74) is 2.98. The Morgan fingerprint density at radius 1 is 1.53 bits per heavy atom. The van der Waals surface area contributed by atoms with Gasteiger partial charge in [0, 0.05) is 18.3 Å². The van der Waals surface area contributed by atoms with Crippen molar-refractivity contribution in [3.63, 3.8) is 0 Å². The number of thioether (sulfide) groups is 1. The second kappa shape index (κ2) is 7.92. The predicted octanol–water partition coefficient (Wildman–Crippen LogP) is 1.24. The van der Waals surface area contributed by atoms with Gasteiger partial charge in [0.2, 0.25) is 0 Å². The highest BCUT2D eigenvalue weighted by atomic mass is 32.2. The minimum absolute atomic E-state index is 0.0898. The molecule has 5 nitrogen and oxygen atoms in total. The quantitative estimate of drug-likeness (QED) is 0.387. The first-order valence-corrected chi connectivity index (χ1v) is 6.87. The number of rotatable bonds is 7. The SMILES string of the molecule is CSCCCCNC(=O)c1ccnc(NN)c1. The average molecular weight is 254 g/mol. The van der Waals surface area contributed by atoms with E-state index >= 15 is 0 Å². The molecule has 94 valence electrons. The van der Waals surface area contributed by atoms with Gasteiger partial charge in [0.15, 0.2) is 0 Å². The highest BCUT2D eigenvalue weighted by Gasteiger charge is 2.05. The van der Waals surface area contributed by atoms with Crippen LogP contribution in [-0.2, 0) is 0 Å². The van der Waals surface area contributed by atoms with E-state index in [0.29, 0.717) is 17.9 Å². The number of hydrogen-bond donors (Lipinski definition) is 3. The molecule has 1 rings (SSSR count). The Hall–Kier alpha value is -1.27. The van der Waals surface area contributed by atoms with E-state index < -0.39 is 0 Å². The summed E-state index contributed by atoms with van der Waals surface area (Å²) in [5.74, 6) is 6.76. The summed E-state index contributed by atoms with van der Waals surface area (Å²) in [6, 6.07) is 3.29. The molecule has 0 aliphatic heterocycles. The Balaban J connectivity index is 2.36. The van der Waals surface area contributed by atoms with Crippen molar-refractivity contribution < 1.29 is 4.79 Å². The summed E-state index contributed by atoms with van der Waals surface area (Å²) in [4.78, 5) is 15.7. The van der Waals surface area contributed by atoms with Crippen molar-refractivity contribution in [3.8, 4) is 0 Å². The number of nitrogens with one attached hydrogen (secondary N) is 2. The Morgan fingerprint density at radius 2 is 2.35 bits per heavy atom. The van der Waals surface area contributed by atoms with Gasteiger partial charge in [-0.15, -0.1) is 0 Å². The Morgan fingerprint density at radius 3 is 3.06 bits per heavy atom. The molecule has 1 amide bonds. The van der Waals surface area contributed by atoms with Gasteiger partial charge in [0.1, 0.15) is 5.82 Å². The maximum absolute atomic E-state index is 11.7. The van der Waals surface area contributed by atoms with Crippen LogP contribution in [0.2, 0.25) is 0 Å². The van der Waals surface area contributed by atoms with Crippen molar-refractivity contribution in [2.45, 2.75) is 12.8 Å². The lowest BCUT2D eigenvalue weighted by Crippen LogP contribution is -2.24. The van der Waals surface area contributed by atoms with Crippen LogP contribution in [0.5, 0.6) is 0 Å². The zero-order chi connectivity index (χ0) is 12.5. The number of anilines is 1. The Labute approximate surface area is 106 Å². The number of amides is 1. The first-order valence-electron chi connectivity index (χ1n) is 5.47. The number of nitrogens with zero attached hydrogens (tertiary/aromatic N) is 1. The minimum Gasteiger partial charge on any atom is -0.352 e. The molecule has 0 aliphatic carbocycles. The van der Waals surface area contributed by atoms with Crippen molar-refractivity contribution in [2.75, 3.05) is 24.0 Å². The Bertz CT molecular complexity index is 359. The molecule has 17 heavy (non-hydrogen) atoms. The second-order valence-electron chi connectivity index (χ2n) is 3.53. The lowest BCUT2D eigenvalue weighted by Gasteiger charge is -2.06. The van der Waals surface area contributed by atoms with Gasteiger partial charge < -0.3 is 10.7 Å². The molecule has 6 heteroatoms. The molecule has 0 atom stereocenters. The van der Waals surface area contributed by atoms with Gasteiger partial charge in [0.05, 0.1) is 0 Å². The summed E-state index contributed by atoms with van der Waals surface area (Å²) >= 11 is 1.82. The monoisotopic (exact) mass is 254 g/mol. The first kappa shape index (κ1) is 13.8. The maximum atomic E-state index is 11.7. The lowest BCUT2D eigenvalue weighted by molar-refractivity contribution is 0.0953. The molecule has 0 spiro atoms. The zero-order valence-corrected chi connectivity index (χ0v) is 10.7. The van der Waals surface area contributed by atoms with Crippen molar-refractivity contribution in [1.82, 2.24) is 10.3 Å². The molecule has 0 saturated carbocycles. The fourth-order valence-corrected chi connectivity index (χ4v) is 1.82. The van der Waals surface area contributed by atoms with Gasteiger partial charge in [-0.25, -0.2) is 10.8 Å². The topological polar surface area (TPSA) is 80.0 Å². The number of unbranched alkanes of at least 4 members (excludes halogenated alkanes) is 1. The Kier molecular flexibility index (Phi) is 6.42. The van der Waals surface area contributed by atoms with E-state index in [4.69, 9.17) is 5.84 Å². The summed E-state index contributed by atoms with van der Waals surface area (Å²) in [6.07, 6.45) is 5.75. The standard InChI is InChI=1S/C11H18N4OS/c1-17-7-3-2-5-14-11(16)9-4-6-13-10(8-9)15-12/h4,6,8H,2-3,5,7,12H2,1H3,(H,13,15)(H,14,16). The third kappa shape index (κ3) is 5.06. The van der Waals surface area contributed by atoms with E-state index in [9.17, 15) is 4.79 Å². The van der Waals surface area contributed by atoms with Crippen LogP contribution in [-0.4, -0.2) is 29.4 Å². The van der Waals surface area contributed by atoms with E-state index in [2.05, 4.69) is 22.0 Å². The number of hydrazine groups is 1. The van der Waals surface area contributed by atoms with Crippen molar-refractivity contribution >= 4 is 23.5 Å². The van der Waals surface area contributed by atoms with Gasteiger partial charge in [-0.3, -0.25) is 4.79 Å². The number of hydrogen-bond acceptors (Lipinski definition) is 5. The van der Waals surface area contributed by atoms with Crippen molar-refractivity contribution in [3.05, 3.63) is 23.9 Å². The third-order valence-corrected chi connectivity index (χ3v) is 2.93. The van der Waals surface area contributed by atoms with Crippen LogP contribution in [0.4, 0.5) is 5.82 Å². The van der Waals surface area contributed by atoms with Crippen LogP contribution in [0.3, 0.4) is 0 Å². The van der Waals surface area contributed by atoms with Crippen LogP contribution in [0, 0.1) is 0 Å². The van der Waals surface area contributed by atoms with Crippen LogP contribution < -0.4 is 16.6 Å². The van der Waals surface area contributed by atoms with Gasteiger partial charge in [-0.05, 0) is 37.0 Å². The number of nitrogen functional groups attached to an aromatic ring is 1. The van der Waals surface area contributed by atoms with E-state index in [-0.39, 0.29) is 5.91 Å². The molecular weight excluding hydrogens is 236 g/mol. The van der Waals surface area contributed by atoms with Crippen molar-refractivity contribution in [2.24, 2.45) is 5.84 Å². The van der Waals surface area contributed by atoms with Crippen LogP contribution in [0.15, 0.2) is 18.3 Å². The predicted molar refractivity (Wildman–Crippen MR) is 72.0 cm³/mol. The van der Waals surface area contributed by atoms with Gasteiger partial charge in [-0.1, -0.05) is 0 Å².